The van der Waals surface area contributed by atoms with Gasteiger partial charge in [-0.2, -0.15) is 0 Å². The Morgan fingerprint density at radius 2 is 2.38 bits per heavy atom. The van der Waals surface area contributed by atoms with Gasteiger partial charge in [0.2, 0.25) is 0 Å². The molecule has 2 heterocycles. The number of aryl methyl sites for hydroxylation is 1. The van der Waals surface area contributed by atoms with E-state index in [4.69, 9.17) is 0 Å². The van der Waals surface area contributed by atoms with Crippen LogP contribution < -0.4 is 10.9 Å². The van der Waals surface area contributed by atoms with Gasteiger partial charge in [0.1, 0.15) is 0 Å². The molecule has 2 rings (SSSR count). The Labute approximate surface area is 92.4 Å². The summed E-state index contributed by atoms with van der Waals surface area (Å²) in [5.41, 5.74) is -0.190. The third kappa shape index (κ3) is 2.69. The van der Waals surface area contributed by atoms with E-state index < -0.39 is 0 Å². The Balaban J connectivity index is 1.76. The van der Waals surface area contributed by atoms with Crippen molar-refractivity contribution >= 4 is 5.82 Å². The van der Waals surface area contributed by atoms with Gasteiger partial charge >= 0.3 is 0 Å². The van der Waals surface area contributed by atoms with Gasteiger partial charge in [-0.05, 0) is 6.42 Å². The van der Waals surface area contributed by atoms with Gasteiger partial charge in [-0.25, -0.2) is 9.97 Å². The number of hydrogen-bond acceptors (Lipinski definition) is 4. The lowest BCUT2D eigenvalue weighted by atomic mass is 10.4. The maximum atomic E-state index is 11.2. The van der Waals surface area contributed by atoms with E-state index in [2.05, 4.69) is 20.3 Å². The first kappa shape index (κ1) is 10.4. The molecule has 0 aliphatic heterocycles. The molecule has 0 fully saturated rings. The highest BCUT2D eigenvalue weighted by molar-refractivity contribution is 5.29. The molecule has 0 unspecified atom stereocenters. The second-order valence-corrected chi connectivity index (χ2v) is 3.35. The number of nitrogens with one attached hydrogen (secondary N) is 2. The molecule has 6 nitrogen and oxygen atoms in total. The van der Waals surface area contributed by atoms with Crippen molar-refractivity contribution in [2.75, 3.05) is 11.9 Å². The van der Waals surface area contributed by atoms with Crippen LogP contribution in [0, 0.1) is 0 Å². The Morgan fingerprint density at radius 3 is 3.12 bits per heavy atom. The van der Waals surface area contributed by atoms with Crippen LogP contribution >= 0.6 is 0 Å². The van der Waals surface area contributed by atoms with Crippen LogP contribution in [0.1, 0.15) is 6.42 Å². The maximum absolute atomic E-state index is 11.2. The number of rotatable bonds is 5. The Kier molecular flexibility index (Phi) is 3.32. The zero-order valence-corrected chi connectivity index (χ0v) is 8.76. The summed E-state index contributed by atoms with van der Waals surface area (Å²) in [4.78, 5) is 21.7. The summed E-state index contributed by atoms with van der Waals surface area (Å²) in [6, 6.07) is 0. The lowest BCUT2D eigenvalue weighted by Gasteiger charge is -2.04. The summed E-state index contributed by atoms with van der Waals surface area (Å²) in [6.07, 6.45) is 9.41. The Morgan fingerprint density at radius 1 is 1.44 bits per heavy atom. The van der Waals surface area contributed by atoms with Crippen LogP contribution in [0.2, 0.25) is 0 Å². The van der Waals surface area contributed by atoms with Crippen LogP contribution in [-0.4, -0.2) is 26.1 Å². The highest BCUT2D eigenvalue weighted by Crippen LogP contribution is 1.93. The molecule has 0 aliphatic rings. The fraction of sp³-hybridized carbons (Fsp3) is 0.300. The molecular weight excluding hydrogens is 206 g/mol. The van der Waals surface area contributed by atoms with E-state index in [1.807, 2.05) is 10.8 Å². The van der Waals surface area contributed by atoms with Crippen LogP contribution in [0.15, 0.2) is 35.9 Å². The largest absolute Gasteiger partial charge is 0.365 e. The van der Waals surface area contributed by atoms with Crippen LogP contribution in [0.25, 0.3) is 0 Å². The normalized spacial score (nSPS) is 10.2. The SMILES string of the molecule is O=c1[nH]ccnc1NCCCn1ccnc1. The quantitative estimate of drug-likeness (QED) is 0.717. The first-order valence-corrected chi connectivity index (χ1v) is 5.09. The fourth-order valence-electron chi connectivity index (χ4n) is 1.37. The van der Waals surface area contributed by atoms with Crippen LogP contribution in [0.5, 0.6) is 0 Å². The molecule has 2 N–H and O–H groups in total. The molecule has 0 aliphatic carbocycles. The predicted octanol–water partition coefficient (Wildman–Crippen LogP) is 0.469. The van der Waals surface area contributed by atoms with Gasteiger partial charge in [0.15, 0.2) is 5.82 Å². The molecule has 0 spiro atoms. The van der Waals surface area contributed by atoms with E-state index >= 15 is 0 Å². The van der Waals surface area contributed by atoms with Gasteiger partial charge in [-0.3, -0.25) is 4.79 Å². The van der Waals surface area contributed by atoms with E-state index in [0.717, 1.165) is 13.0 Å². The van der Waals surface area contributed by atoms with E-state index in [-0.39, 0.29) is 5.56 Å². The second-order valence-electron chi connectivity index (χ2n) is 3.35. The third-order valence-corrected chi connectivity index (χ3v) is 2.15. The van der Waals surface area contributed by atoms with Crippen molar-refractivity contribution in [1.29, 1.82) is 0 Å². The van der Waals surface area contributed by atoms with E-state index in [9.17, 15) is 4.79 Å². The minimum atomic E-state index is -0.190. The summed E-state index contributed by atoms with van der Waals surface area (Å²) in [6.45, 7) is 1.58. The molecule has 0 saturated heterocycles. The lowest BCUT2D eigenvalue weighted by Crippen LogP contribution is -2.16. The van der Waals surface area contributed by atoms with Crippen molar-refractivity contribution in [1.82, 2.24) is 19.5 Å². The molecule has 16 heavy (non-hydrogen) atoms. The fourth-order valence-corrected chi connectivity index (χ4v) is 1.37. The Hall–Kier alpha value is -2.11. The van der Waals surface area contributed by atoms with Gasteiger partial charge in [0.25, 0.3) is 5.56 Å². The van der Waals surface area contributed by atoms with E-state index in [1.165, 1.54) is 6.20 Å². The zero-order valence-electron chi connectivity index (χ0n) is 8.76. The number of anilines is 1. The molecule has 0 saturated carbocycles. The molecule has 0 amide bonds. The molecule has 0 bridgehead atoms. The van der Waals surface area contributed by atoms with E-state index in [1.54, 1.807) is 18.7 Å². The summed E-state index contributed by atoms with van der Waals surface area (Å²) in [7, 11) is 0. The molecule has 0 aromatic carbocycles. The third-order valence-electron chi connectivity index (χ3n) is 2.15. The second kappa shape index (κ2) is 5.11. The predicted molar refractivity (Wildman–Crippen MR) is 60.2 cm³/mol. The van der Waals surface area contributed by atoms with Crippen LogP contribution in [0.3, 0.4) is 0 Å². The zero-order chi connectivity index (χ0) is 11.2. The van der Waals surface area contributed by atoms with Gasteiger partial charge < -0.3 is 14.9 Å². The highest BCUT2D eigenvalue weighted by atomic mass is 16.1. The molecule has 0 atom stereocenters. The average Bonchev–Trinajstić information content (AvgIpc) is 2.79. The first-order chi connectivity index (χ1) is 7.86. The summed E-state index contributed by atoms with van der Waals surface area (Å²) in [5, 5.41) is 2.99. The van der Waals surface area contributed by atoms with Gasteiger partial charge in [-0.15, -0.1) is 0 Å². The highest BCUT2D eigenvalue weighted by Gasteiger charge is 1.97. The van der Waals surface area contributed by atoms with Gasteiger partial charge in [0.05, 0.1) is 6.33 Å². The van der Waals surface area contributed by atoms with Crippen LogP contribution in [0.4, 0.5) is 5.82 Å². The van der Waals surface area contributed by atoms with Crippen molar-refractivity contribution in [3.8, 4) is 0 Å². The molecule has 2 aromatic heterocycles. The molecule has 84 valence electrons. The summed E-state index contributed by atoms with van der Waals surface area (Å²) in [5.74, 6) is 0.369. The maximum Gasteiger partial charge on any atom is 0.290 e. The first-order valence-electron chi connectivity index (χ1n) is 5.09. The number of aromatic amines is 1. The minimum Gasteiger partial charge on any atom is -0.365 e. The topological polar surface area (TPSA) is 75.6 Å². The van der Waals surface area contributed by atoms with Crippen molar-refractivity contribution in [3.05, 3.63) is 41.5 Å². The average molecular weight is 219 g/mol. The molecule has 0 radical (unpaired) electrons. The molecular formula is C10H13N5O. The number of hydrogen-bond donors (Lipinski definition) is 2. The van der Waals surface area contributed by atoms with E-state index in [0.29, 0.717) is 12.4 Å². The van der Waals surface area contributed by atoms with Crippen molar-refractivity contribution in [2.24, 2.45) is 0 Å². The minimum absolute atomic E-state index is 0.190. The van der Waals surface area contributed by atoms with Crippen molar-refractivity contribution < 1.29 is 0 Å². The van der Waals surface area contributed by atoms with Gasteiger partial charge in [0, 0.05) is 37.9 Å². The van der Waals surface area contributed by atoms with Crippen molar-refractivity contribution in [2.45, 2.75) is 13.0 Å². The summed E-state index contributed by atoms with van der Waals surface area (Å²) >= 11 is 0. The van der Waals surface area contributed by atoms with Crippen molar-refractivity contribution in [3.63, 3.8) is 0 Å². The number of aromatic nitrogens is 4. The van der Waals surface area contributed by atoms with Crippen LogP contribution in [-0.2, 0) is 6.54 Å². The lowest BCUT2D eigenvalue weighted by molar-refractivity contribution is 0.659. The standard InChI is InChI=1S/C10H13N5O/c16-10-9(13-3-4-14-10)12-2-1-6-15-7-5-11-8-15/h3-5,7-8H,1-2,6H2,(H,12,13)(H,14,16). The smallest absolute Gasteiger partial charge is 0.290 e. The number of imidazole rings is 1. The summed E-state index contributed by atoms with van der Waals surface area (Å²) < 4.78 is 1.99. The number of nitrogens with zero attached hydrogens (tertiary/aromatic N) is 3. The molecule has 2 aromatic rings. The van der Waals surface area contributed by atoms with Gasteiger partial charge in [-0.1, -0.05) is 0 Å². The Bertz CT molecular complexity index is 476. The number of H-pyrrole nitrogens is 1. The molecule has 6 heteroatoms. The monoisotopic (exact) mass is 219 g/mol.